The number of hydrogen-bond donors (Lipinski definition) is 3. The fourth-order valence-corrected chi connectivity index (χ4v) is 3.74. The number of nitriles is 1. The highest BCUT2D eigenvalue weighted by Crippen LogP contribution is 2.26. The molecule has 0 unspecified atom stereocenters. The molecule has 198 valence electrons. The third-order valence-corrected chi connectivity index (χ3v) is 5.71. The molecule has 0 amide bonds. The first kappa shape index (κ1) is 27.9. The maximum atomic E-state index is 11.4. The van der Waals surface area contributed by atoms with E-state index in [4.69, 9.17) is 30.9 Å². The van der Waals surface area contributed by atoms with Crippen LogP contribution in [0.3, 0.4) is 0 Å². The van der Waals surface area contributed by atoms with Crippen molar-refractivity contribution in [3.05, 3.63) is 83.9 Å². The summed E-state index contributed by atoms with van der Waals surface area (Å²) in [5.41, 5.74) is 15.4. The normalized spacial score (nSPS) is 11.0. The topological polar surface area (TPSA) is 141 Å². The fraction of sp³-hybridized carbons (Fsp3) is 0.267. The monoisotopic (exact) mass is 515 g/mol. The van der Waals surface area contributed by atoms with Gasteiger partial charge in [-0.25, -0.2) is 4.79 Å². The number of ether oxygens (including phenoxy) is 3. The van der Waals surface area contributed by atoms with Crippen LogP contribution in [0.1, 0.15) is 36.8 Å². The first-order chi connectivity index (χ1) is 18.4. The molecule has 0 aliphatic carbocycles. The minimum Gasteiger partial charge on any atom is -0.494 e. The average molecular weight is 516 g/mol. The number of allylic oxidation sites excluding steroid dienone is 1. The Morgan fingerprint density at radius 2 is 1.39 bits per heavy atom. The van der Waals surface area contributed by atoms with Gasteiger partial charge in [0, 0.05) is 30.3 Å². The molecule has 0 spiro atoms. The molecule has 0 aromatic heterocycles. The second-order valence-electron chi connectivity index (χ2n) is 8.62. The van der Waals surface area contributed by atoms with Crippen LogP contribution in [0.2, 0.25) is 0 Å². The number of carboxylic acids is 1. The molecule has 0 fully saturated rings. The molecule has 38 heavy (non-hydrogen) atoms. The highest BCUT2D eigenvalue weighted by molar-refractivity contribution is 5.90. The number of nitrogens with two attached hydrogens (primary N) is 2. The molecule has 5 N–H and O–H groups in total. The highest BCUT2D eigenvalue weighted by Gasteiger charge is 2.08. The minimum atomic E-state index is -0.997. The lowest BCUT2D eigenvalue weighted by molar-refractivity contribution is -0.131. The molecule has 0 radical (unpaired) electrons. The Labute approximate surface area is 223 Å². The number of anilines is 2. The molecule has 0 bridgehead atoms. The van der Waals surface area contributed by atoms with Crippen molar-refractivity contribution in [1.29, 1.82) is 5.26 Å². The van der Waals surface area contributed by atoms with Crippen LogP contribution in [-0.4, -0.2) is 30.9 Å². The van der Waals surface area contributed by atoms with Crippen molar-refractivity contribution in [2.75, 3.05) is 31.3 Å². The molecule has 3 rings (SSSR count). The summed E-state index contributed by atoms with van der Waals surface area (Å²) in [4.78, 5) is 11.4. The summed E-state index contributed by atoms with van der Waals surface area (Å²) in [7, 11) is 0. The van der Waals surface area contributed by atoms with Crippen LogP contribution >= 0.6 is 0 Å². The minimum absolute atomic E-state index is 0.480. The van der Waals surface area contributed by atoms with Crippen LogP contribution < -0.4 is 25.7 Å². The zero-order valence-electron chi connectivity index (χ0n) is 21.3. The van der Waals surface area contributed by atoms with E-state index in [-0.39, 0.29) is 0 Å². The van der Waals surface area contributed by atoms with E-state index in [0.717, 1.165) is 22.6 Å². The average Bonchev–Trinajstić information content (AvgIpc) is 2.91. The lowest BCUT2D eigenvalue weighted by Gasteiger charge is -2.12. The zero-order chi connectivity index (χ0) is 27.2. The smallest absolute Gasteiger partial charge is 0.328 e. The number of carboxylic acid groups (broad SMARTS) is 1. The van der Waals surface area contributed by atoms with E-state index in [9.17, 15) is 9.90 Å². The number of unbranched alkanes of at least 4 members (excludes halogenated alkanes) is 1. The van der Waals surface area contributed by atoms with Gasteiger partial charge in [0.1, 0.15) is 17.2 Å². The molecule has 8 heteroatoms. The molecular weight excluding hydrogens is 482 g/mol. The van der Waals surface area contributed by atoms with E-state index >= 15 is 0 Å². The Hall–Kier alpha value is -4.64. The molecule has 0 saturated heterocycles. The van der Waals surface area contributed by atoms with Gasteiger partial charge < -0.3 is 30.8 Å². The molecule has 0 aliphatic heterocycles. The second kappa shape index (κ2) is 14.8. The van der Waals surface area contributed by atoms with Gasteiger partial charge in [0.15, 0.2) is 0 Å². The quantitative estimate of drug-likeness (QED) is 0.137. The van der Waals surface area contributed by atoms with E-state index < -0.39 is 5.97 Å². The van der Waals surface area contributed by atoms with Gasteiger partial charge in [0.05, 0.1) is 25.9 Å². The van der Waals surface area contributed by atoms with E-state index in [0.29, 0.717) is 74.6 Å². The van der Waals surface area contributed by atoms with Crippen LogP contribution in [0.4, 0.5) is 11.4 Å². The summed E-state index contributed by atoms with van der Waals surface area (Å²) >= 11 is 0. The van der Waals surface area contributed by atoms with Gasteiger partial charge in [-0.05, 0) is 84.5 Å². The summed E-state index contributed by atoms with van der Waals surface area (Å²) in [5, 5.41) is 17.9. The summed E-state index contributed by atoms with van der Waals surface area (Å²) < 4.78 is 17.1. The summed E-state index contributed by atoms with van der Waals surface area (Å²) in [5.74, 6) is 1.20. The van der Waals surface area contributed by atoms with Crippen LogP contribution in [-0.2, 0) is 11.2 Å². The van der Waals surface area contributed by atoms with Gasteiger partial charge in [-0.3, -0.25) is 0 Å². The van der Waals surface area contributed by atoms with E-state index in [1.54, 1.807) is 12.1 Å². The molecule has 0 aliphatic rings. The summed E-state index contributed by atoms with van der Waals surface area (Å²) in [6, 6.07) is 22.2. The number of benzene rings is 3. The molecule has 3 aromatic carbocycles. The maximum absolute atomic E-state index is 11.4. The Morgan fingerprint density at radius 1 is 0.842 bits per heavy atom. The van der Waals surface area contributed by atoms with Gasteiger partial charge in [0.25, 0.3) is 0 Å². The van der Waals surface area contributed by atoms with Gasteiger partial charge in [-0.2, -0.15) is 5.26 Å². The fourth-order valence-electron chi connectivity index (χ4n) is 3.74. The van der Waals surface area contributed by atoms with Gasteiger partial charge in [-0.15, -0.1) is 0 Å². The van der Waals surface area contributed by atoms with Crippen molar-refractivity contribution in [3.8, 4) is 23.3 Å². The predicted molar refractivity (Wildman–Crippen MR) is 148 cm³/mol. The number of nitrogens with zero attached hydrogens (tertiary/aromatic N) is 1. The first-order valence-corrected chi connectivity index (χ1v) is 12.5. The molecule has 0 atom stereocenters. The van der Waals surface area contributed by atoms with Gasteiger partial charge >= 0.3 is 5.97 Å². The SMILES string of the molecule is N#CCCCOc1ccc(OCCCOc2ccc(/C(=C/C(=O)O)CCc3ccc(N)cc3N)cc2)cc1. The van der Waals surface area contributed by atoms with Gasteiger partial charge in [0.2, 0.25) is 0 Å². The zero-order valence-corrected chi connectivity index (χ0v) is 21.3. The number of aliphatic carboxylic acids is 1. The van der Waals surface area contributed by atoms with Crippen molar-refractivity contribution >= 4 is 22.9 Å². The van der Waals surface area contributed by atoms with Crippen LogP contribution in [0, 0.1) is 11.3 Å². The summed E-state index contributed by atoms with van der Waals surface area (Å²) in [6.45, 7) is 1.50. The standard InChI is InChI=1S/C30H33N3O5/c31-16-1-2-17-36-27-12-14-28(15-13-27)38-19-3-18-37-26-10-7-22(8-11-26)24(20-30(34)35)5-4-23-6-9-25(32)21-29(23)33/h6-15,20-21H,1-5,17-19,32-33H2,(H,34,35)/b24-20+. The maximum Gasteiger partial charge on any atom is 0.328 e. The molecule has 3 aromatic rings. The predicted octanol–water partition coefficient (Wildman–Crippen LogP) is 5.48. The number of carbonyl (C=O) groups is 1. The van der Waals surface area contributed by atoms with E-state index in [1.165, 1.54) is 6.08 Å². The van der Waals surface area contributed by atoms with Crippen LogP contribution in [0.5, 0.6) is 17.2 Å². The van der Waals surface area contributed by atoms with Crippen molar-refractivity contribution in [2.45, 2.75) is 32.1 Å². The Kier molecular flexibility index (Phi) is 10.9. The lowest BCUT2D eigenvalue weighted by Crippen LogP contribution is -2.05. The molecule has 8 nitrogen and oxygen atoms in total. The van der Waals surface area contributed by atoms with E-state index in [1.807, 2.05) is 54.6 Å². The number of hydrogen-bond acceptors (Lipinski definition) is 7. The van der Waals surface area contributed by atoms with Crippen molar-refractivity contribution in [1.82, 2.24) is 0 Å². The number of aryl methyl sites for hydroxylation is 1. The van der Waals surface area contributed by atoms with Gasteiger partial charge in [-0.1, -0.05) is 18.2 Å². The first-order valence-electron chi connectivity index (χ1n) is 12.5. The Balaban J connectivity index is 1.43. The van der Waals surface area contributed by atoms with Crippen LogP contribution in [0.25, 0.3) is 5.57 Å². The van der Waals surface area contributed by atoms with Crippen molar-refractivity contribution < 1.29 is 24.1 Å². The Bertz CT molecular complexity index is 1250. The lowest BCUT2D eigenvalue weighted by atomic mass is 9.97. The van der Waals surface area contributed by atoms with Crippen molar-refractivity contribution in [3.63, 3.8) is 0 Å². The second-order valence-corrected chi connectivity index (χ2v) is 8.62. The molecular formula is C30H33N3O5. The summed E-state index contributed by atoms with van der Waals surface area (Å²) in [6.07, 6.45) is 4.23. The molecule has 0 saturated carbocycles. The number of nitrogen functional groups attached to an aromatic ring is 2. The third-order valence-electron chi connectivity index (χ3n) is 5.71. The largest absolute Gasteiger partial charge is 0.494 e. The third kappa shape index (κ3) is 9.43. The molecule has 0 heterocycles. The van der Waals surface area contributed by atoms with E-state index in [2.05, 4.69) is 6.07 Å². The van der Waals surface area contributed by atoms with Crippen molar-refractivity contribution in [2.24, 2.45) is 0 Å². The number of rotatable bonds is 15. The van der Waals surface area contributed by atoms with Crippen LogP contribution in [0.15, 0.2) is 72.8 Å². The highest BCUT2D eigenvalue weighted by atomic mass is 16.5. The Morgan fingerprint density at radius 3 is 1.92 bits per heavy atom.